The number of rotatable bonds is 2. The zero-order valence-electron chi connectivity index (χ0n) is 9.89. The maximum atomic E-state index is 13.4. The second kappa shape index (κ2) is 4.49. The Morgan fingerprint density at radius 2 is 1.80 bits per heavy atom. The number of alkyl halides is 3. The van der Waals surface area contributed by atoms with E-state index in [1.807, 2.05) is 0 Å². The van der Waals surface area contributed by atoms with E-state index in [4.69, 9.17) is 11.6 Å². The predicted octanol–water partition coefficient (Wildman–Crippen LogP) is 3.82. The molecule has 2 aromatic heterocycles. The standard InChI is InChI=1S/C13H7ClF3N3/c14-13(16,17)11-7-10(8-1-3-9(15)4-2-8)19-12-5-6-18-20(11)12/h1-7H. The Morgan fingerprint density at radius 1 is 1.10 bits per heavy atom. The first-order valence-electron chi connectivity index (χ1n) is 5.63. The van der Waals surface area contributed by atoms with E-state index in [-0.39, 0.29) is 11.3 Å². The van der Waals surface area contributed by atoms with Gasteiger partial charge in [-0.3, -0.25) is 0 Å². The smallest absolute Gasteiger partial charge is 0.229 e. The highest BCUT2D eigenvalue weighted by Crippen LogP contribution is 2.34. The number of halogens is 4. The van der Waals surface area contributed by atoms with E-state index in [2.05, 4.69) is 10.1 Å². The van der Waals surface area contributed by atoms with Crippen molar-refractivity contribution in [3.05, 3.63) is 54.1 Å². The molecule has 0 bridgehead atoms. The van der Waals surface area contributed by atoms with E-state index in [1.54, 1.807) is 0 Å². The minimum absolute atomic E-state index is 0.238. The summed E-state index contributed by atoms with van der Waals surface area (Å²) in [6.45, 7) is 0. The van der Waals surface area contributed by atoms with Crippen LogP contribution < -0.4 is 0 Å². The molecule has 2 heterocycles. The summed E-state index contributed by atoms with van der Waals surface area (Å²) in [7, 11) is 0. The molecule has 0 unspecified atom stereocenters. The van der Waals surface area contributed by atoms with Crippen LogP contribution in [0.5, 0.6) is 0 Å². The lowest BCUT2D eigenvalue weighted by molar-refractivity contribution is 0.0873. The Labute approximate surface area is 116 Å². The van der Waals surface area contributed by atoms with Crippen molar-refractivity contribution < 1.29 is 13.2 Å². The van der Waals surface area contributed by atoms with E-state index in [9.17, 15) is 13.2 Å². The second-order valence-electron chi connectivity index (χ2n) is 4.13. The zero-order valence-corrected chi connectivity index (χ0v) is 10.7. The molecule has 0 fully saturated rings. The van der Waals surface area contributed by atoms with Gasteiger partial charge in [0, 0.05) is 11.6 Å². The SMILES string of the molecule is Fc1ccc(-c2cc(C(F)(F)Cl)n3nccc3n2)cc1. The van der Waals surface area contributed by atoms with Gasteiger partial charge in [-0.05, 0) is 41.9 Å². The Hall–Kier alpha value is -2.08. The van der Waals surface area contributed by atoms with Gasteiger partial charge in [-0.25, -0.2) is 13.9 Å². The fourth-order valence-electron chi connectivity index (χ4n) is 1.88. The third-order valence-corrected chi connectivity index (χ3v) is 2.98. The third kappa shape index (κ3) is 2.22. The van der Waals surface area contributed by atoms with Gasteiger partial charge >= 0.3 is 5.38 Å². The fraction of sp³-hybridized carbons (Fsp3) is 0.0769. The van der Waals surface area contributed by atoms with E-state index in [0.29, 0.717) is 5.56 Å². The average molecular weight is 298 g/mol. The van der Waals surface area contributed by atoms with Crippen LogP contribution in [0.25, 0.3) is 16.9 Å². The third-order valence-electron chi connectivity index (χ3n) is 2.79. The molecule has 3 nitrogen and oxygen atoms in total. The fourth-order valence-corrected chi connectivity index (χ4v) is 2.02. The molecule has 0 atom stereocenters. The molecule has 1 aromatic carbocycles. The molecular formula is C13H7ClF3N3. The number of hydrogen-bond donors (Lipinski definition) is 0. The molecule has 0 spiro atoms. The lowest BCUT2D eigenvalue weighted by Gasteiger charge is -2.12. The molecule has 0 N–H and O–H groups in total. The number of benzene rings is 1. The van der Waals surface area contributed by atoms with Gasteiger partial charge in [-0.2, -0.15) is 13.9 Å². The average Bonchev–Trinajstić information content (AvgIpc) is 2.85. The summed E-state index contributed by atoms with van der Waals surface area (Å²) in [5.41, 5.74) is 0.529. The second-order valence-corrected chi connectivity index (χ2v) is 4.61. The van der Waals surface area contributed by atoms with Crippen LogP contribution in [0.1, 0.15) is 5.69 Å². The van der Waals surface area contributed by atoms with Crippen LogP contribution in [0.15, 0.2) is 42.6 Å². The normalized spacial score (nSPS) is 12.0. The summed E-state index contributed by atoms with van der Waals surface area (Å²) < 4.78 is 40.7. The Bertz CT molecular complexity index is 763. The molecular weight excluding hydrogens is 291 g/mol. The molecule has 0 radical (unpaired) electrons. The van der Waals surface area contributed by atoms with Crippen molar-refractivity contribution in [2.75, 3.05) is 0 Å². The monoisotopic (exact) mass is 297 g/mol. The number of nitrogens with zero attached hydrogens (tertiary/aromatic N) is 3. The number of hydrogen-bond acceptors (Lipinski definition) is 2. The molecule has 102 valence electrons. The Balaban J connectivity index is 2.24. The summed E-state index contributed by atoms with van der Waals surface area (Å²) in [4.78, 5) is 4.20. The predicted molar refractivity (Wildman–Crippen MR) is 68.1 cm³/mol. The van der Waals surface area contributed by atoms with E-state index in [1.165, 1.54) is 36.5 Å². The van der Waals surface area contributed by atoms with Crippen LogP contribution in [-0.2, 0) is 5.38 Å². The van der Waals surface area contributed by atoms with Crippen molar-refractivity contribution in [1.82, 2.24) is 14.6 Å². The summed E-state index contributed by atoms with van der Waals surface area (Å²) in [5, 5.41) is 0.182. The van der Waals surface area contributed by atoms with Crippen molar-refractivity contribution in [1.29, 1.82) is 0 Å². The van der Waals surface area contributed by atoms with Gasteiger partial charge in [0.05, 0.1) is 11.9 Å². The molecule has 0 aliphatic carbocycles. The topological polar surface area (TPSA) is 30.2 Å². The van der Waals surface area contributed by atoms with Crippen LogP contribution in [-0.4, -0.2) is 14.6 Å². The molecule has 0 saturated carbocycles. The molecule has 3 rings (SSSR count). The molecule has 0 aliphatic rings. The minimum atomic E-state index is -3.58. The first kappa shape index (κ1) is 12.9. The van der Waals surface area contributed by atoms with E-state index >= 15 is 0 Å². The van der Waals surface area contributed by atoms with Crippen LogP contribution in [0, 0.1) is 5.82 Å². The lowest BCUT2D eigenvalue weighted by Crippen LogP contribution is -2.12. The quantitative estimate of drug-likeness (QED) is 0.673. The Kier molecular flexibility index (Phi) is 2.90. The van der Waals surface area contributed by atoms with Crippen molar-refractivity contribution in [2.24, 2.45) is 0 Å². The summed E-state index contributed by atoms with van der Waals surface area (Å²) in [6.07, 6.45) is 1.35. The van der Waals surface area contributed by atoms with Crippen molar-refractivity contribution in [3.8, 4) is 11.3 Å². The molecule has 0 aliphatic heterocycles. The summed E-state index contributed by atoms with van der Waals surface area (Å²) in [6, 6.07) is 8.01. The van der Waals surface area contributed by atoms with Crippen LogP contribution in [0.4, 0.5) is 13.2 Å². The van der Waals surface area contributed by atoms with Gasteiger partial charge in [-0.15, -0.1) is 0 Å². The molecule has 0 amide bonds. The molecule has 7 heteroatoms. The van der Waals surface area contributed by atoms with Crippen LogP contribution in [0.3, 0.4) is 0 Å². The van der Waals surface area contributed by atoms with Gasteiger partial charge in [0.2, 0.25) is 0 Å². The minimum Gasteiger partial charge on any atom is -0.229 e. The maximum absolute atomic E-state index is 13.4. The van der Waals surface area contributed by atoms with Crippen molar-refractivity contribution >= 4 is 17.2 Å². The van der Waals surface area contributed by atoms with Crippen molar-refractivity contribution in [2.45, 2.75) is 5.38 Å². The Morgan fingerprint density at radius 3 is 2.45 bits per heavy atom. The maximum Gasteiger partial charge on any atom is 0.364 e. The highest BCUT2D eigenvalue weighted by atomic mass is 35.5. The van der Waals surface area contributed by atoms with Crippen LogP contribution >= 0.6 is 11.6 Å². The van der Waals surface area contributed by atoms with Crippen molar-refractivity contribution in [3.63, 3.8) is 0 Å². The zero-order chi connectivity index (χ0) is 14.3. The summed E-state index contributed by atoms with van der Waals surface area (Å²) in [5.74, 6) is -0.415. The lowest BCUT2D eigenvalue weighted by atomic mass is 10.1. The number of aromatic nitrogens is 3. The van der Waals surface area contributed by atoms with Gasteiger partial charge in [0.1, 0.15) is 11.5 Å². The highest BCUT2D eigenvalue weighted by molar-refractivity contribution is 6.21. The highest BCUT2D eigenvalue weighted by Gasteiger charge is 2.32. The van der Waals surface area contributed by atoms with Gasteiger partial charge in [0.25, 0.3) is 0 Å². The number of fused-ring (bicyclic) bond motifs is 1. The van der Waals surface area contributed by atoms with Gasteiger partial charge in [-0.1, -0.05) is 0 Å². The molecule has 0 saturated heterocycles. The van der Waals surface area contributed by atoms with E-state index < -0.39 is 16.9 Å². The molecule has 20 heavy (non-hydrogen) atoms. The van der Waals surface area contributed by atoms with Crippen LogP contribution in [0.2, 0.25) is 0 Å². The summed E-state index contributed by atoms with van der Waals surface area (Å²) >= 11 is 5.10. The van der Waals surface area contributed by atoms with Gasteiger partial charge in [0.15, 0.2) is 5.65 Å². The first-order chi connectivity index (χ1) is 9.45. The first-order valence-corrected chi connectivity index (χ1v) is 6.01. The van der Waals surface area contributed by atoms with Gasteiger partial charge < -0.3 is 0 Å². The largest absolute Gasteiger partial charge is 0.364 e. The van der Waals surface area contributed by atoms with E-state index in [0.717, 1.165) is 10.6 Å². The molecule has 3 aromatic rings.